The Balaban J connectivity index is 1.80. The van der Waals surface area contributed by atoms with Gasteiger partial charge >= 0.3 is 0 Å². The molecule has 0 unspecified atom stereocenters. The second-order valence-electron chi connectivity index (χ2n) is 6.31. The Kier molecular flexibility index (Phi) is 4.81. The van der Waals surface area contributed by atoms with Gasteiger partial charge in [0.15, 0.2) is 5.60 Å². The SMILES string of the molecule is CS(=O)(=O)N1C[C@H](C(=O)NCc2ccccc2)[C@@]2(C1)OCCNC2=O. The molecule has 0 aliphatic carbocycles. The Labute approximate surface area is 146 Å². The van der Waals surface area contributed by atoms with Gasteiger partial charge in [0.2, 0.25) is 15.9 Å². The Morgan fingerprint density at radius 2 is 2.12 bits per heavy atom. The van der Waals surface area contributed by atoms with Crippen LogP contribution in [0.15, 0.2) is 30.3 Å². The van der Waals surface area contributed by atoms with Crippen LogP contribution in [0.5, 0.6) is 0 Å². The molecule has 8 nitrogen and oxygen atoms in total. The van der Waals surface area contributed by atoms with Crippen molar-refractivity contribution in [3.63, 3.8) is 0 Å². The third-order valence-corrected chi connectivity index (χ3v) is 5.80. The highest BCUT2D eigenvalue weighted by Crippen LogP contribution is 2.34. The number of carbonyl (C=O) groups is 2. The monoisotopic (exact) mass is 367 g/mol. The van der Waals surface area contributed by atoms with Gasteiger partial charge in [0.25, 0.3) is 5.91 Å². The van der Waals surface area contributed by atoms with Crippen molar-refractivity contribution in [3.05, 3.63) is 35.9 Å². The maximum Gasteiger partial charge on any atom is 0.254 e. The fourth-order valence-electron chi connectivity index (χ4n) is 3.23. The lowest BCUT2D eigenvalue weighted by Crippen LogP contribution is -2.62. The van der Waals surface area contributed by atoms with Gasteiger partial charge in [-0.2, -0.15) is 4.31 Å². The third-order valence-electron chi connectivity index (χ3n) is 4.59. The van der Waals surface area contributed by atoms with Crippen molar-refractivity contribution in [2.75, 3.05) is 32.5 Å². The van der Waals surface area contributed by atoms with Crippen LogP contribution in [0.1, 0.15) is 5.56 Å². The lowest BCUT2D eigenvalue weighted by atomic mass is 9.87. The van der Waals surface area contributed by atoms with E-state index in [9.17, 15) is 18.0 Å². The molecule has 3 rings (SSSR count). The number of ether oxygens (including phenoxy) is 1. The van der Waals surface area contributed by atoms with Gasteiger partial charge in [0.1, 0.15) is 0 Å². The summed E-state index contributed by atoms with van der Waals surface area (Å²) >= 11 is 0. The largest absolute Gasteiger partial charge is 0.361 e. The van der Waals surface area contributed by atoms with E-state index >= 15 is 0 Å². The molecule has 0 saturated carbocycles. The van der Waals surface area contributed by atoms with E-state index in [0.29, 0.717) is 13.1 Å². The molecule has 25 heavy (non-hydrogen) atoms. The van der Waals surface area contributed by atoms with Crippen LogP contribution >= 0.6 is 0 Å². The number of sulfonamides is 1. The molecule has 9 heteroatoms. The van der Waals surface area contributed by atoms with Gasteiger partial charge in [0, 0.05) is 19.6 Å². The number of hydrogen-bond donors (Lipinski definition) is 2. The normalized spacial score (nSPS) is 27.2. The molecular weight excluding hydrogens is 346 g/mol. The summed E-state index contributed by atoms with van der Waals surface area (Å²) in [7, 11) is -3.54. The lowest BCUT2D eigenvalue weighted by Gasteiger charge is -2.36. The second-order valence-corrected chi connectivity index (χ2v) is 8.29. The number of hydrogen-bond acceptors (Lipinski definition) is 5. The van der Waals surface area contributed by atoms with E-state index in [1.165, 1.54) is 0 Å². The topological polar surface area (TPSA) is 105 Å². The van der Waals surface area contributed by atoms with Crippen LogP contribution in [0.4, 0.5) is 0 Å². The van der Waals surface area contributed by atoms with Gasteiger partial charge in [-0.25, -0.2) is 8.42 Å². The minimum Gasteiger partial charge on any atom is -0.361 e. The van der Waals surface area contributed by atoms with E-state index in [4.69, 9.17) is 4.74 Å². The van der Waals surface area contributed by atoms with Crippen LogP contribution in [0.3, 0.4) is 0 Å². The highest BCUT2D eigenvalue weighted by atomic mass is 32.2. The van der Waals surface area contributed by atoms with E-state index < -0.39 is 33.4 Å². The summed E-state index contributed by atoms with van der Waals surface area (Å²) in [5.41, 5.74) is -0.556. The van der Waals surface area contributed by atoms with Gasteiger partial charge < -0.3 is 15.4 Å². The Bertz CT molecular complexity index is 767. The molecule has 2 amide bonds. The summed E-state index contributed by atoms with van der Waals surface area (Å²) in [5.74, 6) is -1.73. The molecule has 0 radical (unpaired) electrons. The quantitative estimate of drug-likeness (QED) is 0.716. The first-order valence-electron chi connectivity index (χ1n) is 8.02. The molecule has 1 aromatic rings. The third kappa shape index (κ3) is 3.53. The van der Waals surface area contributed by atoms with Crippen LogP contribution in [-0.4, -0.2) is 62.6 Å². The first-order chi connectivity index (χ1) is 11.8. The highest BCUT2D eigenvalue weighted by Gasteiger charge is 2.59. The minimum atomic E-state index is -3.54. The minimum absolute atomic E-state index is 0.0765. The lowest BCUT2D eigenvalue weighted by molar-refractivity contribution is -0.163. The summed E-state index contributed by atoms with van der Waals surface area (Å²) in [4.78, 5) is 25.2. The zero-order valence-corrected chi connectivity index (χ0v) is 14.7. The molecule has 0 bridgehead atoms. The predicted molar refractivity (Wildman–Crippen MR) is 89.9 cm³/mol. The maximum absolute atomic E-state index is 12.7. The van der Waals surface area contributed by atoms with Crippen LogP contribution in [0.2, 0.25) is 0 Å². The molecule has 2 atom stereocenters. The highest BCUT2D eigenvalue weighted by molar-refractivity contribution is 7.88. The average Bonchev–Trinajstić information content (AvgIpc) is 2.97. The standard InChI is InChI=1S/C16H21N3O5S/c1-25(22,23)19-10-13(16(11-19)15(21)17-7-8-24-16)14(20)18-9-12-5-3-2-4-6-12/h2-6,13H,7-11H2,1H3,(H,17,21)(H,18,20)/t13-,16-/m1/s1. The number of amides is 2. The van der Waals surface area contributed by atoms with E-state index in [0.717, 1.165) is 16.1 Å². The zero-order chi connectivity index (χ0) is 18.1. The van der Waals surface area contributed by atoms with E-state index in [-0.39, 0.29) is 19.7 Å². The van der Waals surface area contributed by atoms with E-state index in [2.05, 4.69) is 10.6 Å². The van der Waals surface area contributed by atoms with E-state index in [1.54, 1.807) is 0 Å². The first kappa shape index (κ1) is 17.8. The summed E-state index contributed by atoms with van der Waals surface area (Å²) in [6.07, 6.45) is 1.06. The second kappa shape index (κ2) is 6.74. The molecular formula is C16H21N3O5S. The van der Waals surface area contributed by atoms with Gasteiger partial charge in [-0.1, -0.05) is 30.3 Å². The molecule has 2 saturated heterocycles. The number of carbonyl (C=O) groups excluding carboxylic acids is 2. The fraction of sp³-hybridized carbons (Fsp3) is 0.500. The number of rotatable bonds is 4. The molecule has 0 aromatic heterocycles. The summed E-state index contributed by atoms with van der Waals surface area (Å²) < 4.78 is 30.6. The number of nitrogens with zero attached hydrogens (tertiary/aromatic N) is 1. The predicted octanol–water partition coefficient (Wildman–Crippen LogP) is -0.921. The smallest absolute Gasteiger partial charge is 0.254 e. The molecule has 136 valence electrons. The maximum atomic E-state index is 12.7. The molecule has 2 aliphatic rings. The Hall–Kier alpha value is -1.97. The molecule has 2 N–H and O–H groups in total. The molecule has 2 heterocycles. The van der Waals surface area contributed by atoms with Crippen molar-refractivity contribution in [2.45, 2.75) is 12.1 Å². The Morgan fingerprint density at radius 3 is 2.76 bits per heavy atom. The van der Waals surface area contributed by atoms with E-state index in [1.807, 2.05) is 30.3 Å². The summed E-state index contributed by atoms with van der Waals surface area (Å²) in [6, 6.07) is 9.35. The zero-order valence-electron chi connectivity index (χ0n) is 13.9. The van der Waals surface area contributed by atoms with Gasteiger partial charge in [-0.05, 0) is 5.56 Å². The van der Waals surface area contributed by atoms with Crippen molar-refractivity contribution in [1.29, 1.82) is 0 Å². The van der Waals surface area contributed by atoms with Gasteiger partial charge in [0.05, 0.1) is 25.3 Å². The molecule has 2 fully saturated rings. The average molecular weight is 367 g/mol. The summed E-state index contributed by atoms with van der Waals surface area (Å²) in [5, 5.41) is 5.46. The van der Waals surface area contributed by atoms with Crippen molar-refractivity contribution < 1.29 is 22.7 Å². The van der Waals surface area contributed by atoms with Crippen molar-refractivity contribution >= 4 is 21.8 Å². The van der Waals surface area contributed by atoms with Crippen LogP contribution < -0.4 is 10.6 Å². The van der Waals surface area contributed by atoms with Crippen molar-refractivity contribution in [1.82, 2.24) is 14.9 Å². The van der Waals surface area contributed by atoms with Gasteiger partial charge in [-0.15, -0.1) is 0 Å². The van der Waals surface area contributed by atoms with Crippen molar-refractivity contribution in [2.24, 2.45) is 5.92 Å². The van der Waals surface area contributed by atoms with Crippen LogP contribution in [-0.2, 0) is 30.9 Å². The summed E-state index contributed by atoms with van der Waals surface area (Å²) in [6.45, 7) is 0.657. The molecule has 1 spiro atoms. The van der Waals surface area contributed by atoms with Gasteiger partial charge in [-0.3, -0.25) is 9.59 Å². The molecule has 1 aromatic carbocycles. The van der Waals surface area contributed by atoms with Crippen molar-refractivity contribution in [3.8, 4) is 0 Å². The number of benzene rings is 1. The number of nitrogens with one attached hydrogen (secondary N) is 2. The first-order valence-corrected chi connectivity index (χ1v) is 9.87. The van der Waals surface area contributed by atoms with Crippen LogP contribution in [0.25, 0.3) is 0 Å². The Morgan fingerprint density at radius 1 is 1.40 bits per heavy atom. The fourth-order valence-corrected chi connectivity index (χ4v) is 4.08. The molecule has 2 aliphatic heterocycles. The van der Waals surface area contributed by atoms with Crippen LogP contribution in [0, 0.1) is 5.92 Å². The number of morpholine rings is 1.